The first kappa shape index (κ1) is 19.3. The average Bonchev–Trinajstić information content (AvgIpc) is 3.41. The average molecular weight is 374 g/mol. The van der Waals surface area contributed by atoms with Crippen molar-refractivity contribution in [1.82, 2.24) is 20.4 Å². The standard InChI is InChI=1S/C20H31N5O2/c1-4-18-17(19(26-3)25(2)24-18)14-22-20(23-15-8-5-6-9-15)21-12-11-16-10-7-13-27-16/h7,10,13,15H,4-6,8-9,11-12,14H2,1-3H3,(H2,21,22,23). The molecule has 1 aliphatic rings. The highest BCUT2D eigenvalue weighted by molar-refractivity contribution is 5.80. The Morgan fingerprint density at radius 3 is 2.89 bits per heavy atom. The van der Waals surface area contributed by atoms with Gasteiger partial charge in [-0.3, -0.25) is 0 Å². The van der Waals surface area contributed by atoms with Gasteiger partial charge < -0.3 is 19.8 Å². The molecule has 1 aliphatic carbocycles. The van der Waals surface area contributed by atoms with Gasteiger partial charge in [0.1, 0.15) is 5.76 Å². The van der Waals surface area contributed by atoms with Crippen molar-refractivity contribution in [3.05, 3.63) is 35.4 Å². The van der Waals surface area contributed by atoms with Crippen LogP contribution in [-0.4, -0.2) is 35.4 Å². The molecule has 2 N–H and O–H groups in total. The summed E-state index contributed by atoms with van der Waals surface area (Å²) in [6.07, 6.45) is 8.38. The number of hydrogen-bond donors (Lipinski definition) is 2. The number of rotatable bonds is 8. The summed E-state index contributed by atoms with van der Waals surface area (Å²) in [4.78, 5) is 4.84. The Morgan fingerprint density at radius 2 is 2.22 bits per heavy atom. The summed E-state index contributed by atoms with van der Waals surface area (Å²) in [7, 11) is 3.59. The molecule has 0 spiro atoms. The lowest BCUT2D eigenvalue weighted by Crippen LogP contribution is -2.43. The molecule has 1 fully saturated rings. The second kappa shape index (κ2) is 9.48. The lowest BCUT2D eigenvalue weighted by Gasteiger charge is -2.17. The highest BCUT2D eigenvalue weighted by Crippen LogP contribution is 2.23. The van der Waals surface area contributed by atoms with Crippen molar-refractivity contribution in [2.45, 2.75) is 58.0 Å². The van der Waals surface area contributed by atoms with Crippen molar-refractivity contribution in [2.24, 2.45) is 12.0 Å². The van der Waals surface area contributed by atoms with Crippen molar-refractivity contribution in [1.29, 1.82) is 0 Å². The summed E-state index contributed by atoms with van der Waals surface area (Å²) in [5.74, 6) is 2.61. The van der Waals surface area contributed by atoms with Gasteiger partial charge in [0.25, 0.3) is 0 Å². The van der Waals surface area contributed by atoms with Gasteiger partial charge in [0, 0.05) is 26.1 Å². The smallest absolute Gasteiger partial charge is 0.216 e. The highest BCUT2D eigenvalue weighted by atomic mass is 16.5. The van der Waals surface area contributed by atoms with E-state index in [2.05, 4.69) is 22.7 Å². The Kier molecular flexibility index (Phi) is 6.79. The number of aromatic nitrogens is 2. The monoisotopic (exact) mass is 373 g/mol. The zero-order valence-electron chi connectivity index (χ0n) is 16.6. The largest absolute Gasteiger partial charge is 0.481 e. The van der Waals surface area contributed by atoms with Gasteiger partial charge in [0.2, 0.25) is 5.88 Å². The van der Waals surface area contributed by atoms with E-state index in [4.69, 9.17) is 14.1 Å². The minimum absolute atomic E-state index is 0.501. The molecule has 148 valence electrons. The van der Waals surface area contributed by atoms with E-state index in [9.17, 15) is 0 Å². The van der Waals surface area contributed by atoms with E-state index in [1.165, 1.54) is 25.7 Å². The molecule has 2 heterocycles. The zero-order valence-corrected chi connectivity index (χ0v) is 16.6. The molecule has 7 heteroatoms. The van der Waals surface area contributed by atoms with Gasteiger partial charge >= 0.3 is 0 Å². The fraction of sp³-hybridized carbons (Fsp3) is 0.600. The summed E-state index contributed by atoms with van der Waals surface area (Å²) in [6.45, 7) is 3.42. The van der Waals surface area contributed by atoms with Crippen LogP contribution < -0.4 is 15.4 Å². The second-order valence-electron chi connectivity index (χ2n) is 6.96. The lowest BCUT2D eigenvalue weighted by molar-refractivity contribution is 0.369. The van der Waals surface area contributed by atoms with Crippen molar-refractivity contribution >= 4 is 5.96 Å². The fourth-order valence-corrected chi connectivity index (χ4v) is 3.64. The Bertz CT molecular complexity index is 730. The van der Waals surface area contributed by atoms with Crippen LogP contribution in [0.15, 0.2) is 27.8 Å². The normalized spacial score (nSPS) is 15.3. The predicted molar refractivity (Wildman–Crippen MR) is 106 cm³/mol. The van der Waals surface area contributed by atoms with Gasteiger partial charge in [-0.25, -0.2) is 9.67 Å². The Morgan fingerprint density at radius 1 is 1.41 bits per heavy atom. The Balaban J connectivity index is 1.68. The molecular weight excluding hydrogens is 342 g/mol. The molecule has 3 rings (SSSR count). The second-order valence-corrected chi connectivity index (χ2v) is 6.96. The van der Waals surface area contributed by atoms with Crippen LogP contribution in [0, 0.1) is 0 Å². The first-order valence-electron chi connectivity index (χ1n) is 9.87. The molecule has 0 amide bonds. The fourth-order valence-electron chi connectivity index (χ4n) is 3.64. The van der Waals surface area contributed by atoms with Crippen LogP contribution in [0.5, 0.6) is 5.88 Å². The lowest BCUT2D eigenvalue weighted by atomic mass is 10.2. The van der Waals surface area contributed by atoms with Crippen molar-refractivity contribution < 1.29 is 9.15 Å². The van der Waals surface area contributed by atoms with Crippen LogP contribution in [0.3, 0.4) is 0 Å². The third-order valence-electron chi connectivity index (χ3n) is 5.03. The minimum Gasteiger partial charge on any atom is -0.481 e. The summed E-state index contributed by atoms with van der Waals surface area (Å²) in [5.41, 5.74) is 2.09. The number of hydrogen-bond acceptors (Lipinski definition) is 4. The van der Waals surface area contributed by atoms with Gasteiger partial charge in [0.15, 0.2) is 5.96 Å². The summed E-state index contributed by atoms with van der Waals surface area (Å²) < 4.78 is 12.7. The molecular formula is C20H31N5O2. The zero-order chi connectivity index (χ0) is 19.1. The summed E-state index contributed by atoms with van der Waals surface area (Å²) in [5, 5.41) is 11.6. The van der Waals surface area contributed by atoms with Crippen molar-refractivity contribution in [3.63, 3.8) is 0 Å². The van der Waals surface area contributed by atoms with Crippen molar-refractivity contribution in [3.8, 4) is 5.88 Å². The number of aryl methyl sites for hydroxylation is 2. The Labute approximate surface area is 161 Å². The van der Waals surface area contributed by atoms with Gasteiger partial charge in [-0.2, -0.15) is 5.10 Å². The van der Waals surface area contributed by atoms with Crippen molar-refractivity contribution in [2.75, 3.05) is 13.7 Å². The highest BCUT2D eigenvalue weighted by Gasteiger charge is 2.18. The number of aliphatic imine (C=N–C) groups is 1. The van der Waals surface area contributed by atoms with Gasteiger partial charge in [0.05, 0.1) is 31.2 Å². The van der Waals surface area contributed by atoms with E-state index in [-0.39, 0.29) is 0 Å². The third kappa shape index (κ3) is 5.05. The molecule has 0 aromatic carbocycles. The maximum atomic E-state index is 5.53. The number of guanidine groups is 1. The molecule has 27 heavy (non-hydrogen) atoms. The van der Waals surface area contributed by atoms with Crippen LogP contribution in [0.1, 0.15) is 49.6 Å². The molecule has 2 aromatic heterocycles. The van der Waals surface area contributed by atoms with E-state index in [0.717, 1.165) is 48.2 Å². The quantitative estimate of drug-likeness (QED) is 0.550. The number of methoxy groups -OCH3 is 1. The summed E-state index contributed by atoms with van der Waals surface area (Å²) >= 11 is 0. The molecule has 7 nitrogen and oxygen atoms in total. The van der Waals surface area contributed by atoms with Crippen LogP contribution in [0.25, 0.3) is 0 Å². The molecule has 0 aliphatic heterocycles. The molecule has 0 bridgehead atoms. The molecule has 0 saturated heterocycles. The van der Waals surface area contributed by atoms with Gasteiger partial charge in [-0.05, 0) is 31.4 Å². The minimum atomic E-state index is 0.501. The van der Waals surface area contributed by atoms with Crippen LogP contribution in [0.4, 0.5) is 0 Å². The first-order valence-corrected chi connectivity index (χ1v) is 9.87. The van der Waals surface area contributed by atoms with E-state index in [1.54, 1.807) is 18.1 Å². The van der Waals surface area contributed by atoms with Crippen LogP contribution in [0.2, 0.25) is 0 Å². The maximum absolute atomic E-state index is 5.53. The van der Waals surface area contributed by atoms with E-state index >= 15 is 0 Å². The third-order valence-corrected chi connectivity index (χ3v) is 5.03. The van der Waals surface area contributed by atoms with Crippen LogP contribution >= 0.6 is 0 Å². The van der Waals surface area contributed by atoms with Crippen LogP contribution in [-0.2, 0) is 26.4 Å². The molecule has 0 radical (unpaired) electrons. The van der Waals surface area contributed by atoms with Gasteiger partial charge in [-0.15, -0.1) is 0 Å². The number of nitrogens with one attached hydrogen (secondary N) is 2. The van der Waals surface area contributed by atoms with E-state index in [0.29, 0.717) is 12.6 Å². The van der Waals surface area contributed by atoms with E-state index in [1.807, 2.05) is 19.2 Å². The number of ether oxygens (including phenoxy) is 1. The SMILES string of the molecule is CCc1nn(C)c(OC)c1CN=C(NCCc1ccco1)NC1CCCC1. The maximum Gasteiger partial charge on any atom is 0.216 e. The predicted octanol–water partition coefficient (Wildman–Crippen LogP) is 2.80. The summed E-state index contributed by atoms with van der Waals surface area (Å²) in [6, 6.07) is 4.42. The van der Waals surface area contributed by atoms with Gasteiger partial charge in [-0.1, -0.05) is 19.8 Å². The van der Waals surface area contributed by atoms with E-state index < -0.39 is 0 Å². The first-order chi connectivity index (χ1) is 13.2. The topological polar surface area (TPSA) is 76.6 Å². The molecule has 1 saturated carbocycles. The molecule has 0 atom stereocenters. The number of nitrogens with zero attached hydrogens (tertiary/aromatic N) is 3. The number of furan rings is 1. The molecule has 2 aromatic rings. The Hall–Kier alpha value is -2.44. The molecule has 0 unspecified atom stereocenters.